The van der Waals surface area contributed by atoms with Gasteiger partial charge in [0, 0.05) is 12.0 Å². The second kappa shape index (κ2) is 7.09. The number of aromatic hydroxyl groups is 1. The van der Waals surface area contributed by atoms with Crippen LogP contribution >= 0.6 is 0 Å². The fourth-order valence-electron chi connectivity index (χ4n) is 3.43. The van der Waals surface area contributed by atoms with Crippen molar-refractivity contribution in [2.75, 3.05) is 0 Å². The van der Waals surface area contributed by atoms with E-state index in [9.17, 15) is 19.8 Å². The second-order valence-corrected chi connectivity index (χ2v) is 7.94. The maximum atomic E-state index is 13.1. The van der Waals surface area contributed by atoms with Crippen molar-refractivity contribution in [2.45, 2.75) is 59.2 Å². The summed E-state index contributed by atoms with van der Waals surface area (Å²) in [6.45, 7) is 8.82. The lowest BCUT2D eigenvalue weighted by atomic mass is 9.91. The van der Waals surface area contributed by atoms with E-state index in [1.165, 1.54) is 13.0 Å². The molecule has 6 heteroatoms. The smallest absolute Gasteiger partial charge is 0.336 e. The van der Waals surface area contributed by atoms with Crippen LogP contribution in [0.3, 0.4) is 0 Å². The quantitative estimate of drug-likeness (QED) is 0.595. The Labute approximate surface area is 163 Å². The zero-order valence-corrected chi connectivity index (χ0v) is 16.8. The zero-order valence-electron chi connectivity index (χ0n) is 16.8. The van der Waals surface area contributed by atoms with E-state index in [4.69, 9.17) is 9.15 Å². The molecule has 0 bridgehead atoms. The molecule has 2 heterocycles. The number of hydrogen-bond donors (Lipinski definition) is 2. The fourth-order valence-corrected chi connectivity index (χ4v) is 3.43. The molecule has 1 aromatic heterocycles. The van der Waals surface area contributed by atoms with Crippen molar-refractivity contribution in [1.82, 2.24) is 0 Å². The summed E-state index contributed by atoms with van der Waals surface area (Å²) >= 11 is 0. The van der Waals surface area contributed by atoms with Gasteiger partial charge in [0.05, 0.1) is 17.1 Å². The first kappa shape index (κ1) is 20.1. The van der Waals surface area contributed by atoms with E-state index in [1.54, 1.807) is 19.1 Å². The predicted octanol–water partition coefficient (Wildman–Crippen LogP) is 3.83. The van der Waals surface area contributed by atoms with E-state index >= 15 is 0 Å². The van der Waals surface area contributed by atoms with Crippen LogP contribution in [-0.4, -0.2) is 27.7 Å². The molecule has 0 saturated heterocycles. The molecule has 2 N–H and O–H groups in total. The number of phenols is 1. The highest BCUT2D eigenvalue weighted by atomic mass is 16.5. The Morgan fingerprint density at radius 3 is 2.68 bits per heavy atom. The van der Waals surface area contributed by atoms with Gasteiger partial charge in [-0.2, -0.15) is 0 Å². The molecule has 0 saturated carbocycles. The molecule has 6 nitrogen and oxygen atoms in total. The standard InChI is InChI=1S/C22H26O6/c1-6-7-13-10-15(24)27-21-16(13)20-14(8-9-22(4,5)28-20)19(26)17(21)18(25)11(2)12(3)23/h8-12,23,26H,6-7H2,1-5H3/t11-,12+/m1/s1/i3+2,12+2. The molecular weight excluding hydrogens is 364 g/mol. The van der Waals surface area contributed by atoms with E-state index in [-0.39, 0.29) is 16.9 Å². The van der Waals surface area contributed by atoms with Gasteiger partial charge in [0.15, 0.2) is 11.4 Å². The summed E-state index contributed by atoms with van der Waals surface area (Å²) in [5, 5.41) is 21.3. The minimum atomic E-state index is -0.922. The van der Waals surface area contributed by atoms with E-state index in [0.29, 0.717) is 28.7 Å². The maximum Gasteiger partial charge on any atom is 0.336 e. The molecule has 0 amide bonds. The number of aliphatic hydroxyl groups excluding tert-OH is 1. The summed E-state index contributed by atoms with van der Waals surface area (Å²) in [5.74, 6) is -1.18. The summed E-state index contributed by atoms with van der Waals surface area (Å²) in [6, 6.07) is 1.41. The summed E-state index contributed by atoms with van der Waals surface area (Å²) < 4.78 is 11.5. The van der Waals surface area contributed by atoms with Gasteiger partial charge in [-0.1, -0.05) is 20.3 Å². The van der Waals surface area contributed by atoms with Gasteiger partial charge in [0.25, 0.3) is 0 Å². The average molecular weight is 390 g/mol. The number of benzene rings is 1. The molecule has 28 heavy (non-hydrogen) atoms. The van der Waals surface area contributed by atoms with Crippen LogP contribution in [0.5, 0.6) is 11.5 Å². The van der Waals surface area contributed by atoms with Crippen molar-refractivity contribution < 1.29 is 24.2 Å². The average Bonchev–Trinajstić information content (AvgIpc) is 2.59. The summed E-state index contributed by atoms with van der Waals surface area (Å²) in [4.78, 5) is 25.3. The normalized spacial score (nSPS) is 17.1. The minimum Gasteiger partial charge on any atom is -0.506 e. The number of hydrogen-bond acceptors (Lipinski definition) is 6. The number of fused-ring (bicyclic) bond motifs is 3. The lowest BCUT2D eigenvalue weighted by Crippen LogP contribution is -2.29. The Bertz CT molecular complexity index is 1030. The first-order valence-electron chi connectivity index (χ1n) is 9.53. The molecule has 1 aromatic carbocycles. The summed E-state index contributed by atoms with van der Waals surface area (Å²) in [6.07, 6.45) is 3.96. The molecule has 0 radical (unpaired) electrons. The topological polar surface area (TPSA) is 97.0 Å². The van der Waals surface area contributed by atoms with Gasteiger partial charge in [-0.3, -0.25) is 4.79 Å². The minimum absolute atomic E-state index is 0.01000. The van der Waals surface area contributed by atoms with E-state index in [1.807, 2.05) is 20.8 Å². The Hall–Kier alpha value is -2.60. The Balaban J connectivity index is 2.47. The van der Waals surface area contributed by atoms with Crippen LogP contribution in [0, 0.1) is 5.92 Å². The fraction of sp³-hybridized carbons (Fsp3) is 0.455. The third-order valence-electron chi connectivity index (χ3n) is 5.15. The molecule has 150 valence electrons. The Morgan fingerprint density at radius 2 is 2.07 bits per heavy atom. The number of aryl methyl sites for hydroxylation is 1. The van der Waals surface area contributed by atoms with Crippen LogP contribution < -0.4 is 10.4 Å². The number of Topliss-reactive ketones (excluding diaryl/α,β-unsaturated/α-hetero) is 1. The van der Waals surface area contributed by atoms with Crippen LogP contribution in [0.25, 0.3) is 17.0 Å². The number of phenolic OH excluding ortho intramolecular Hbond substituents is 1. The predicted molar refractivity (Wildman–Crippen MR) is 107 cm³/mol. The van der Waals surface area contributed by atoms with Crippen LogP contribution in [0.15, 0.2) is 21.4 Å². The molecule has 0 unspecified atom stereocenters. The third kappa shape index (κ3) is 3.33. The first-order valence-corrected chi connectivity index (χ1v) is 9.53. The number of carbonyl (C=O) groups excluding carboxylic acids is 1. The molecule has 1 aliphatic rings. The van der Waals surface area contributed by atoms with Gasteiger partial charge < -0.3 is 19.4 Å². The number of rotatable bonds is 5. The first-order chi connectivity index (χ1) is 13.1. The molecular formula is C22H26O6. The van der Waals surface area contributed by atoms with Gasteiger partial charge in [-0.15, -0.1) is 0 Å². The summed E-state index contributed by atoms with van der Waals surface area (Å²) in [5.41, 5.74) is -0.223. The van der Waals surface area contributed by atoms with E-state index in [0.717, 1.165) is 6.42 Å². The third-order valence-corrected chi connectivity index (χ3v) is 5.15. The van der Waals surface area contributed by atoms with Gasteiger partial charge in [-0.05, 0) is 44.9 Å². The monoisotopic (exact) mass is 390 g/mol. The van der Waals surface area contributed by atoms with Gasteiger partial charge in [0.1, 0.15) is 22.7 Å². The van der Waals surface area contributed by atoms with Crippen molar-refractivity contribution in [3.05, 3.63) is 39.3 Å². The second-order valence-electron chi connectivity index (χ2n) is 7.94. The molecule has 2 atom stereocenters. The van der Waals surface area contributed by atoms with Crippen LogP contribution in [-0.2, 0) is 6.42 Å². The molecule has 2 aromatic rings. The van der Waals surface area contributed by atoms with Gasteiger partial charge >= 0.3 is 5.63 Å². The van der Waals surface area contributed by atoms with Crippen LogP contribution in [0.2, 0.25) is 0 Å². The molecule has 0 fully saturated rings. The SMILES string of the molecule is CCCc1cc(=O)oc2c(C(=O)[C@H](C)[14C@H]([14CH3])O)c(O)c3c(c12)OC(C)(C)C=C3. The van der Waals surface area contributed by atoms with Crippen molar-refractivity contribution in [1.29, 1.82) is 0 Å². The highest BCUT2D eigenvalue weighted by Gasteiger charge is 2.34. The van der Waals surface area contributed by atoms with Gasteiger partial charge in [-0.25, -0.2) is 4.79 Å². The van der Waals surface area contributed by atoms with E-state index < -0.39 is 29.0 Å². The van der Waals surface area contributed by atoms with Gasteiger partial charge in [0.2, 0.25) is 0 Å². The highest BCUT2D eigenvalue weighted by Crippen LogP contribution is 2.46. The largest absolute Gasteiger partial charge is 0.506 e. The molecule has 3 rings (SSSR count). The zero-order chi connectivity index (χ0) is 20.8. The lowest BCUT2D eigenvalue weighted by Gasteiger charge is -2.30. The molecule has 1 aliphatic heterocycles. The van der Waals surface area contributed by atoms with Crippen molar-refractivity contribution >= 4 is 22.8 Å². The van der Waals surface area contributed by atoms with Crippen molar-refractivity contribution in [2.24, 2.45) is 5.92 Å². The van der Waals surface area contributed by atoms with Crippen LogP contribution in [0.1, 0.15) is 62.5 Å². The molecule has 0 aliphatic carbocycles. The highest BCUT2D eigenvalue weighted by molar-refractivity contribution is 6.13. The Kier molecular flexibility index (Phi) is 5.10. The number of carbonyl (C=O) groups is 1. The molecule has 0 spiro atoms. The number of ether oxygens (including phenoxy) is 1. The summed E-state index contributed by atoms with van der Waals surface area (Å²) in [7, 11) is 0. The lowest BCUT2D eigenvalue weighted by molar-refractivity contribution is 0.0757. The number of aliphatic hydroxyl groups is 1. The maximum absolute atomic E-state index is 13.1. The Morgan fingerprint density at radius 1 is 1.39 bits per heavy atom. The van der Waals surface area contributed by atoms with Crippen molar-refractivity contribution in [3.63, 3.8) is 0 Å². The van der Waals surface area contributed by atoms with Crippen molar-refractivity contribution in [3.8, 4) is 11.5 Å². The number of ketones is 1. The van der Waals surface area contributed by atoms with E-state index in [2.05, 4.69) is 0 Å². The van der Waals surface area contributed by atoms with Crippen LogP contribution in [0.4, 0.5) is 0 Å².